The van der Waals surface area contributed by atoms with Crippen molar-refractivity contribution in [2.45, 2.75) is 11.1 Å². The molecule has 1 aliphatic heterocycles. The van der Waals surface area contributed by atoms with E-state index in [1.54, 1.807) is 24.3 Å². The normalized spacial score (nSPS) is 15.8. The summed E-state index contributed by atoms with van der Waals surface area (Å²) in [7, 11) is -4.17. The third-order valence-electron chi connectivity index (χ3n) is 5.31. The summed E-state index contributed by atoms with van der Waals surface area (Å²) in [6.07, 6.45) is -4.66. The van der Waals surface area contributed by atoms with E-state index in [4.69, 9.17) is 0 Å². The molecule has 1 aromatic heterocycles. The van der Waals surface area contributed by atoms with E-state index in [9.17, 15) is 31.2 Å². The van der Waals surface area contributed by atoms with Gasteiger partial charge in [0.25, 0.3) is 11.5 Å². The van der Waals surface area contributed by atoms with Crippen molar-refractivity contribution in [3.05, 3.63) is 76.1 Å². The summed E-state index contributed by atoms with van der Waals surface area (Å²) in [6.45, 7) is -0.196. The number of hydrogen-bond acceptors (Lipinski definition) is 4. The van der Waals surface area contributed by atoms with Crippen LogP contribution < -0.4 is 5.56 Å². The fraction of sp³-hybridized carbons (Fsp3) is 0.238. The first kappa shape index (κ1) is 22.0. The Hall–Kier alpha value is -3.18. The van der Waals surface area contributed by atoms with Gasteiger partial charge in [0.15, 0.2) is 0 Å². The van der Waals surface area contributed by atoms with Gasteiger partial charge in [-0.15, -0.1) is 0 Å². The average molecular weight is 465 g/mol. The Morgan fingerprint density at radius 3 is 2.31 bits per heavy atom. The predicted octanol–water partition coefficient (Wildman–Crippen LogP) is 2.69. The van der Waals surface area contributed by atoms with E-state index < -0.39 is 38.1 Å². The maximum absolute atomic E-state index is 12.9. The van der Waals surface area contributed by atoms with Gasteiger partial charge in [-0.25, -0.2) is 8.42 Å². The molecule has 1 N–H and O–H groups in total. The Morgan fingerprint density at radius 1 is 0.938 bits per heavy atom. The molecule has 0 bridgehead atoms. The number of pyridine rings is 1. The van der Waals surface area contributed by atoms with Crippen molar-refractivity contribution in [1.29, 1.82) is 0 Å². The largest absolute Gasteiger partial charge is 0.416 e. The molecule has 0 saturated carbocycles. The van der Waals surface area contributed by atoms with Crippen molar-refractivity contribution in [3.63, 3.8) is 0 Å². The number of fused-ring (bicyclic) bond motifs is 1. The third-order valence-corrected chi connectivity index (χ3v) is 7.20. The minimum atomic E-state index is -4.66. The highest BCUT2D eigenvalue weighted by atomic mass is 32.2. The van der Waals surface area contributed by atoms with Crippen LogP contribution in [0.1, 0.15) is 15.9 Å². The van der Waals surface area contributed by atoms with Crippen LogP contribution in [0.4, 0.5) is 13.2 Å². The second-order valence-electron chi connectivity index (χ2n) is 7.32. The minimum absolute atomic E-state index is 0.00327. The monoisotopic (exact) mass is 465 g/mol. The van der Waals surface area contributed by atoms with Gasteiger partial charge in [0.1, 0.15) is 5.56 Å². The number of nitrogens with one attached hydrogen (secondary N) is 1. The van der Waals surface area contributed by atoms with E-state index in [0.29, 0.717) is 17.0 Å². The zero-order valence-corrected chi connectivity index (χ0v) is 17.4. The molecular weight excluding hydrogens is 447 g/mol. The Labute approximate surface area is 181 Å². The molecule has 168 valence electrons. The number of rotatable bonds is 3. The van der Waals surface area contributed by atoms with Gasteiger partial charge in [0.05, 0.1) is 10.5 Å². The highest BCUT2D eigenvalue weighted by Crippen LogP contribution is 2.31. The van der Waals surface area contributed by atoms with Crippen LogP contribution in [0.25, 0.3) is 10.9 Å². The second kappa shape index (κ2) is 8.06. The lowest BCUT2D eigenvalue weighted by Crippen LogP contribution is -2.51. The molecule has 1 saturated heterocycles. The lowest BCUT2D eigenvalue weighted by molar-refractivity contribution is -0.137. The number of alkyl halides is 3. The predicted molar refractivity (Wildman–Crippen MR) is 111 cm³/mol. The number of piperazine rings is 1. The molecule has 1 amide bonds. The molecule has 32 heavy (non-hydrogen) atoms. The summed E-state index contributed by atoms with van der Waals surface area (Å²) in [5.41, 5.74) is -1.07. The SMILES string of the molecule is O=C(c1cc2ccccc2[nH]c1=O)N1CCN(S(=O)(=O)c2cccc(C(F)(F)F)c2)CC1. The van der Waals surface area contributed by atoms with Gasteiger partial charge in [-0.3, -0.25) is 9.59 Å². The molecule has 4 rings (SSSR count). The number of hydrogen-bond donors (Lipinski definition) is 1. The Kier molecular flexibility index (Phi) is 5.55. The number of benzene rings is 2. The topological polar surface area (TPSA) is 90.6 Å². The molecular formula is C21H18F3N3O4S. The fourth-order valence-electron chi connectivity index (χ4n) is 3.59. The summed E-state index contributed by atoms with van der Waals surface area (Å²) in [5, 5.41) is 0.682. The van der Waals surface area contributed by atoms with Crippen LogP contribution in [0.3, 0.4) is 0 Å². The maximum Gasteiger partial charge on any atom is 0.416 e. The standard InChI is InChI=1S/C21H18F3N3O4S/c22-21(23,24)15-5-3-6-16(13-15)32(30,31)27-10-8-26(9-11-27)20(29)17-12-14-4-1-2-7-18(14)25-19(17)28/h1-7,12-13H,8-11H2,(H,25,28). The quantitative estimate of drug-likeness (QED) is 0.644. The maximum atomic E-state index is 12.9. The first-order valence-electron chi connectivity index (χ1n) is 9.66. The minimum Gasteiger partial charge on any atom is -0.336 e. The molecule has 0 unspecified atom stereocenters. The van der Waals surface area contributed by atoms with Crippen LogP contribution in [0.5, 0.6) is 0 Å². The molecule has 1 fully saturated rings. The van der Waals surface area contributed by atoms with Crippen LogP contribution in [0, 0.1) is 0 Å². The summed E-state index contributed by atoms with van der Waals surface area (Å²) in [4.78, 5) is 28.7. The van der Waals surface area contributed by atoms with Crippen molar-refractivity contribution in [1.82, 2.24) is 14.2 Å². The number of sulfonamides is 1. The molecule has 0 atom stereocenters. The van der Waals surface area contributed by atoms with Gasteiger partial charge in [0, 0.05) is 31.7 Å². The van der Waals surface area contributed by atoms with Crippen molar-refractivity contribution < 1.29 is 26.4 Å². The number of aromatic amines is 1. The smallest absolute Gasteiger partial charge is 0.336 e. The number of nitrogens with zero attached hydrogens (tertiary/aromatic N) is 2. The van der Waals surface area contributed by atoms with Crippen LogP contribution in [0.2, 0.25) is 0 Å². The van der Waals surface area contributed by atoms with E-state index in [1.807, 2.05) is 0 Å². The molecule has 0 spiro atoms. The van der Waals surface area contributed by atoms with Crippen molar-refractivity contribution >= 4 is 26.8 Å². The number of carbonyl (C=O) groups excluding carboxylic acids is 1. The van der Waals surface area contributed by atoms with Crippen LogP contribution in [0.15, 0.2) is 64.3 Å². The molecule has 2 heterocycles. The van der Waals surface area contributed by atoms with Crippen LogP contribution in [-0.2, 0) is 16.2 Å². The van der Waals surface area contributed by atoms with E-state index in [0.717, 1.165) is 22.5 Å². The number of para-hydroxylation sites is 1. The number of aromatic nitrogens is 1. The van der Waals surface area contributed by atoms with Gasteiger partial charge < -0.3 is 9.88 Å². The molecule has 11 heteroatoms. The second-order valence-corrected chi connectivity index (χ2v) is 9.26. The van der Waals surface area contributed by atoms with E-state index in [-0.39, 0.29) is 31.7 Å². The van der Waals surface area contributed by atoms with E-state index >= 15 is 0 Å². The lowest BCUT2D eigenvalue weighted by Gasteiger charge is -2.34. The molecule has 0 aliphatic carbocycles. The van der Waals surface area contributed by atoms with Crippen molar-refractivity contribution in [2.24, 2.45) is 0 Å². The van der Waals surface area contributed by atoms with Crippen molar-refractivity contribution in [2.75, 3.05) is 26.2 Å². The molecule has 2 aromatic carbocycles. The average Bonchev–Trinajstić information content (AvgIpc) is 2.78. The van der Waals surface area contributed by atoms with Crippen LogP contribution >= 0.6 is 0 Å². The highest BCUT2D eigenvalue weighted by molar-refractivity contribution is 7.89. The van der Waals surface area contributed by atoms with E-state index in [2.05, 4.69) is 4.98 Å². The van der Waals surface area contributed by atoms with Crippen molar-refractivity contribution in [3.8, 4) is 0 Å². The first-order chi connectivity index (χ1) is 15.1. The summed E-state index contributed by atoms with van der Waals surface area (Å²) < 4.78 is 65.5. The Bertz CT molecular complexity index is 1340. The van der Waals surface area contributed by atoms with Gasteiger partial charge in [-0.05, 0) is 35.7 Å². The van der Waals surface area contributed by atoms with Gasteiger partial charge >= 0.3 is 6.18 Å². The zero-order valence-electron chi connectivity index (χ0n) is 16.6. The number of halogens is 3. The lowest BCUT2D eigenvalue weighted by atomic mass is 10.1. The van der Waals surface area contributed by atoms with Gasteiger partial charge in [-0.2, -0.15) is 17.5 Å². The third kappa shape index (κ3) is 4.13. The Balaban J connectivity index is 1.51. The molecule has 7 nitrogen and oxygen atoms in total. The number of amides is 1. The highest BCUT2D eigenvalue weighted by Gasteiger charge is 2.34. The molecule has 3 aromatic rings. The molecule has 0 radical (unpaired) electrons. The number of H-pyrrole nitrogens is 1. The van der Waals surface area contributed by atoms with Gasteiger partial charge in [-0.1, -0.05) is 24.3 Å². The van der Waals surface area contributed by atoms with E-state index in [1.165, 1.54) is 11.0 Å². The van der Waals surface area contributed by atoms with Gasteiger partial charge in [0.2, 0.25) is 10.0 Å². The first-order valence-corrected chi connectivity index (χ1v) is 11.1. The number of carbonyl (C=O) groups is 1. The zero-order chi connectivity index (χ0) is 23.1. The van der Waals surface area contributed by atoms with Crippen LogP contribution in [-0.4, -0.2) is 54.7 Å². The summed E-state index contributed by atoms with van der Waals surface area (Å²) in [6, 6.07) is 12.0. The summed E-state index contributed by atoms with van der Waals surface area (Å²) in [5.74, 6) is -0.534. The fourth-order valence-corrected chi connectivity index (χ4v) is 5.06. The summed E-state index contributed by atoms with van der Waals surface area (Å²) >= 11 is 0. The Morgan fingerprint density at radius 2 is 1.62 bits per heavy atom. The molecule has 1 aliphatic rings.